The second-order valence-corrected chi connectivity index (χ2v) is 7.60. The van der Waals surface area contributed by atoms with E-state index in [0.717, 1.165) is 18.9 Å². The first-order chi connectivity index (χ1) is 13.2. The van der Waals surface area contributed by atoms with Crippen LogP contribution in [0.25, 0.3) is 0 Å². The highest BCUT2D eigenvalue weighted by Gasteiger charge is 2.32. The minimum atomic E-state index is -0.00227. The maximum Gasteiger partial charge on any atom is 0.272 e. The van der Waals surface area contributed by atoms with Crippen LogP contribution in [-0.2, 0) is 18.2 Å². The van der Waals surface area contributed by atoms with Crippen molar-refractivity contribution < 1.29 is 14.1 Å². The van der Waals surface area contributed by atoms with Crippen molar-refractivity contribution in [3.63, 3.8) is 0 Å². The third-order valence-electron chi connectivity index (χ3n) is 5.65. The quantitative estimate of drug-likeness (QED) is 0.692. The summed E-state index contributed by atoms with van der Waals surface area (Å²) >= 11 is 0. The van der Waals surface area contributed by atoms with Crippen LogP contribution in [0.2, 0.25) is 0 Å². The summed E-state index contributed by atoms with van der Waals surface area (Å²) in [6, 6.07) is 1.74. The van der Waals surface area contributed by atoms with Gasteiger partial charge in [-0.2, -0.15) is 10.1 Å². The van der Waals surface area contributed by atoms with E-state index in [1.165, 1.54) is 25.7 Å². The van der Waals surface area contributed by atoms with Crippen molar-refractivity contribution in [2.45, 2.75) is 44.4 Å². The van der Waals surface area contributed by atoms with Crippen LogP contribution < -0.4 is 0 Å². The number of carbonyl (C=O) groups excluding carboxylic acids is 1. The zero-order chi connectivity index (χ0) is 18.6. The van der Waals surface area contributed by atoms with Gasteiger partial charge in [0.1, 0.15) is 5.69 Å². The average molecular weight is 373 g/mol. The maximum atomic E-state index is 12.6. The van der Waals surface area contributed by atoms with Gasteiger partial charge in [-0.1, -0.05) is 18.0 Å². The van der Waals surface area contributed by atoms with Gasteiger partial charge >= 0.3 is 0 Å². The smallest absolute Gasteiger partial charge is 0.272 e. The van der Waals surface area contributed by atoms with E-state index >= 15 is 0 Å². The second-order valence-electron chi connectivity index (χ2n) is 7.60. The minimum Gasteiger partial charge on any atom is -0.381 e. The number of hydrogen-bond donors (Lipinski definition) is 0. The average Bonchev–Trinajstić information content (AvgIpc) is 3.45. The van der Waals surface area contributed by atoms with Gasteiger partial charge in [0.05, 0.1) is 12.5 Å². The molecule has 8 nitrogen and oxygen atoms in total. The Bertz CT molecular complexity index is 765. The first kappa shape index (κ1) is 18.2. The van der Waals surface area contributed by atoms with Gasteiger partial charge in [-0.15, -0.1) is 0 Å². The lowest BCUT2D eigenvalue weighted by molar-refractivity contribution is 0.0778. The molecule has 2 aliphatic rings. The summed E-state index contributed by atoms with van der Waals surface area (Å²) in [6.07, 6.45) is 8.40. The summed E-state index contributed by atoms with van der Waals surface area (Å²) in [5.41, 5.74) is 0.598. The molecule has 3 heterocycles. The van der Waals surface area contributed by atoms with Gasteiger partial charge in [0, 0.05) is 39.4 Å². The predicted octanol–water partition coefficient (Wildman–Crippen LogP) is 2.18. The Labute approximate surface area is 158 Å². The Kier molecular flexibility index (Phi) is 5.52. The van der Waals surface area contributed by atoms with Crippen molar-refractivity contribution in [2.24, 2.45) is 13.0 Å². The van der Waals surface area contributed by atoms with Gasteiger partial charge in [-0.05, 0) is 31.2 Å². The summed E-state index contributed by atoms with van der Waals surface area (Å²) < 4.78 is 12.8. The van der Waals surface area contributed by atoms with E-state index in [2.05, 4.69) is 15.2 Å². The van der Waals surface area contributed by atoms with Gasteiger partial charge in [0.2, 0.25) is 5.89 Å². The molecular formula is C19H27N5O3. The highest BCUT2D eigenvalue weighted by Crippen LogP contribution is 2.27. The zero-order valence-electron chi connectivity index (χ0n) is 15.8. The Balaban J connectivity index is 1.25. The molecule has 1 atom stereocenters. The monoisotopic (exact) mass is 373 g/mol. The molecule has 8 heteroatoms. The summed E-state index contributed by atoms with van der Waals surface area (Å²) in [7, 11) is 1.78. The third kappa shape index (κ3) is 4.21. The predicted molar refractivity (Wildman–Crippen MR) is 97.2 cm³/mol. The molecule has 0 radical (unpaired) electrons. The lowest BCUT2D eigenvalue weighted by Gasteiger charge is -2.15. The molecule has 2 aromatic rings. The maximum absolute atomic E-state index is 12.6. The zero-order valence-corrected chi connectivity index (χ0v) is 15.8. The van der Waals surface area contributed by atoms with E-state index in [0.29, 0.717) is 43.5 Å². The van der Waals surface area contributed by atoms with E-state index in [1.807, 2.05) is 4.90 Å². The van der Waals surface area contributed by atoms with Crippen molar-refractivity contribution in [1.29, 1.82) is 0 Å². The Hall–Kier alpha value is -2.22. The number of nitrogens with zero attached hydrogens (tertiary/aromatic N) is 5. The molecule has 2 fully saturated rings. The highest BCUT2D eigenvalue weighted by molar-refractivity contribution is 5.92. The van der Waals surface area contributed by atoms with Crippen LogP contribution in [0.1, 0.15) is 60.2 Å². The van der Waals surface area contributed by atoms with Crippen LogP contribution >= 0.6 is 0 Å². The molecule has 1 aliphatic carbocycles. The van der Waals surface area contributed by atoms with E-state index in [4.69, 9.17) is 9.26 Å². The lowest BCUT2D eigenvalue weighted by Crippen LogP contribution is -2.30. The van der Waals surface area contributed by atoms with Gasteiger partial charge in [-0.3, -0.25) is 9.48 Å². The first-order valence-corrected chi connectivity index (χ1v) is 9.88. The molecular weight excluding hydrogens is 346 g/mol. The molecule has 1 unspecified atom stereocenters. The molecule has 2 aromatic heterocycles. The highest BCUT2D eigenvalue weighted by atomic mass is 16.5. The molecule has 4 rings (SSSR count). The van der Waals surface area contributed by atoms with Crippen LogP contribution in [0.5, 0.6) is 0 Å². The fourth-order valence-corrected chi connectivity index (χ4v) is 4.02. The Morgan fingerprint density at radius 3 is 2.96 bits per heavy atom. The largest absolute Gasteiger partial charge is 0.381 e. The van der Waals surface area contributed by atoms with Gasteiger partial charge in [0.25, 0.3) is 5.91 Å². The summed E-state index contributed by atoms with van der Waals surface area (Å²) in [5.74, 6) is 2.14. The van der Waals surface area contributed by atoms with Crippen LogP contribution in [-0.4, -0.2) is 57.0 Å². The van der Waals surface area contributed by atoms with Crippen molar-refractivity contribution in [2.75, 3.05) is 26.3 Å². The number of amides is 1. The first-order valence-electron chi connectivity index (χ1n) is 9.88. The number of rotatable bonds is 7. The lowest BCUT2D eigenvalue weighted by atomic mass is 10.1. The molecule has 1 saturated carbocycles. The Morgan fingerprint density at radius 2 is 2.19 bits per heavy atom. The standard InChI is InChI=1S/C19H27N5O3/c1-23-16(6-9-20-23)19(25)24-10-7-15(12-24)18-21-17(22-27-18)8-11-26-13-14-4-2-3-5-14/h6,9,14-15H,2-5,7-8,10-13H2,1H3. The fourth-order valence-electron chi connectivity index (χ4n) is 4.02. The number of carbonyl (C=O) groups is 1. The third-order valence-corrected chi connectivity index (χ3v) is 5.65. The normalized spacial score (nSPS) is 20.6. The van der Waals surface area contributed by atoms with E-state index in [9.17, 15) is 4.79 Å². The molecule has 0 spiro atoms. The van der Waals surface area contributed by atoms with Gasteiger partial charge in [0.15, 0.2) is 5.82 Å². The van der Waals surface area contributed by atoms with Crippen LogP contribution in [0, 0.1) is 5.92 Å². The number of aryl methyl sites for hydroxylation is 1. The SMILES string of the molecule is Cn1nccc1C(=O)N1CCC(c2nc(CCOCC3CCCC3)no2)C1. The van der Waals surface area contributed by atoms with E-state index < -0.39 is 0 Å². The molecule has 0 aromatic carbocycles. The molecule has 146 valence electrons. The molecule has 1 amide bonds. The molecule has 0 N–H and O–H groups in total. The van der Waals surface area contributed by atoms with Crippen LogP contribution in [0.15, 0.2) is 16.8 Å². The molecule has 27 heavy (non-hydrogen) atoms. The molecule has 1 saturated heterocycles. The van der Waals surface area contributed by atoms with Crippen molar-refractivity contribution in [3.8, 4) is 0 Å². The van der Waals surface area contributed by atoms with E-state index in [-0.39, 0.29) is 11.8 Å². The van der Waals surface area contributed by atoms with Gasteiger partial charge < -0.3 is 14.2 Å². The Morgan fingerprint density at radius 1 is 1.33 bits per heavy atom. The van der Waals surface area contributed by atoms with Crippen LogP contribution in [0.4, 0.5) is 0 Å². The number of aromatic nitrogens is 4. The topological polar surface area (TPSA) is 86.3 Å². The van der Waals surface area contributed by atoms with Crippen molar-refractivity contribution >= 4 is 5.91 Å². The fraction of sp³-hybridized carbons (Fsp3) is 0.684. The summed E-state index contributed by atoms with van der Waals surface area (Å²) in [5, 5.41) is 8.15. The number of likely N-dealkylation sites (tertiary alicyclic amines) is 1. The van der Waals surface area contributed by atoms with Gasteiger partial charge in [-0.25, -0.2) is 0 Å². The molecule has 1 aliphatic heterocycles. The minimum absolute atomic E-state index is 0.00227. The van der Waals surface area contributed by atoms with Crippen molar-refractivity contribution in [1.82, 2.24) is 24.8 Å². The van der Waals surface area contributed by atoms with Crippen LogP contribution in [0.3, 0.4) is 0 Å². The summed E-state index contributed by atoms with van der Waals surface area (Å²) in [4.78, 5) is 18.9. The van der Waals surface area contributed by atoms with Crippen molar-refractivity contribution in [3.05, 3.63) is 29.7 Å². The number of ether oxygens (including phenoxy) is 1. The summed E-state index contributed by atoms with van der Waals surface area (Å²) in [6.45, 7) is 2.77. The molecule has 0 bridgehead atoms. The van der Waals surface area contributed by atoms with E-state index in [1.54, 1.807) is 24.0 Å². The number of hydrogen-bond acceptors (Lipinski definition) is 6. The second kappa shape index (κ2) is 8.21.